The zero-order valence-corrected chi connectivity index (χ0v) is 12.4. The summed E-state index contributed by atoms with van der Waals surface area (Å²) >= 11 is 0. The molecule has 4 heteroatoms. The number of aryl methyl sites for hydroxylation is 1. The second kappa shape index (κ2) is 6.79. The van der Waals surface area contributed by atoms with Crippen LogP contribution in [0, 0.1) is 6.92 Å². The fourth-order valence-corrected chi connectivity index (χ4v) is 2.11. The summed E-state index contributed by atoms with van der Waals surface area (Å²) in [5.41, 5.74) is 2.49. The van der Waals surface area contributed by atoms with Crippen molar-refractivity contribution in [1.29, 1.82) is 0 Å². The van der Waals surface area contributed by atoms with Crippen LogP contribution in [0.25, 0.3) is 0 Å². The predicted molar refractivity (Wildman–Crippen MR) is 80.4 cm³/mol. The van der Waals surface area contributed by atoms with Crippen molar-refractivity contribution in [2.24, 2.45) is 0 Å². The fourth-order valence-electron chi connectivity index (χ4n) is 2.11. The Balaban J connectivity index is 2.28. The summed E-state index contributed by atoms with van der Waals surface area (Å²) < 4.78 is 16.4. The Kier molecular flexibility index (Phi) is 4.82. The zero-order chi connectivity index (χ0) is 15.2. The second-order valence-corrected chi connectivity index (χ2v) is 4.60. The highest BCUT2D eigenvalue weighted by molar-refractivity contribution is 5.81. The van der Waals surface area contributed by atoms with Crippen LogP contribution in [0.1, 0.15) is 21.5 Å². The van der Waals surface area contributed by atoms with Gasteiger partial charge >= 0.3 is 0 Å². The number of ether oxygens (including phenoxy) is 3. The average molecular weight is 286 g/mol. The van der Waals surface area contributed by atoms with E-state index in [2.05, 4.69) is 0 Å². The highest BCUT2D eigenvalue weighted by Crippen LogP contribution is 2.31. The van der Waals surface area contributed by atoms with E-state index in [1.165, 1.54) is 0 Å². The van der Waals surface area contributed by atoms with Crippen LogP contribution < -0.4 is 14.2 Å². The Labute approximate surface area is 124 Å². The van der Waals surface area contributed by atoms with Crippen molar-refractivity contribution in [2.75, 3.05) is 14.2 Å². The smallest absolute Gasteiger partial charge is 0.172 e. The van der Waals surface area contributed by atoms with E-state index in [0.717, 1.165) is 23.2 Å². The average Bonchev–Trinajstić information content (AvgIpc) is 2.52. The molecular weight excluding hydrogens is 268 g/mol. The Morgan fingerprint density at radius 2 is 1.81 bits per heavy atom. The minimum Gasteiger partial charge on any atom is -0.496 e. The number of carbonyl (C=O) groups excluding carboxylic acids is 1. The standard InChI is InChI=1S/C17H18O4/c1-12-7-8-15(19-2)14(9-12)11-21-17-13(10-18)5-4-6-16(17)20-3/h4-10H,11H2,1-3H3. The lowest BCUT2D eigenvalue weighted by Crippen LogP contribution is -2.02. The molecule has 0 aliphatic rings. The maximum atomic E-state index is 11.1. The third-order valence-electron chi connectivity index (χ3n) is 3.16. The van der Waals surface area contributed by atoms with Gasteiger partial charge in [0.1, 0.15) is 12.4 Å². The molecular formula is C17H18O4. The van der Waals surface area contributed by atoms with Crippen LogP contribution in [0.2, 0.25) is 0 Å². The number of benzene rings is 2. The van der Waals surface area contributed by atoms with Crippen LogP contribution in [-0.4, -0.2) is 20.5 Å². The molecule has 4 nitrogen and oxygen atoms in total. The molecule has 2 rings (SSSR count). The van der Waals surface area contributed by atoms with Crippen molar-refractivity contribution >= 4 is 6.29 Å². The summed E-state index contributed by atoms with van der Waals surface area (Å²) in [6.45, 7) is 2.30. The van der Waals surface area contributed by atoms with E-state index in [-0.39, 0.29) is 0 Å². The van der Waals surface area contributed by atoms with Gasteiger partial charge in [-0.15, -0.1) is 0 Å². The fraction of sp³-hybridized carbons (Fsp3) is 0.235. The highest BCUT2D eigenvalue weighted by Gasteiger charge is 2.12. The molecule has 0 fully saturated rings. The largest absolute Gasteiger partial charge is 0.496 e. The molecule has 21 heavy (non-hydrogen) atoms. The van der Waals surface area contributed by atoms with Gasteiger partial charge in [-0.05, 0) is 31.2 Å². The molecule has 0 aliphatic heterocycles. The Morgan fingerprint density at radius 3 is 2.48 bits per heavy atom. The van der Waals surface area contributed by atoms with E-state index < -0.39 is 0 Å². The summed E-state index contributed by atoms with van der Waals surface area (Å²) in [5.74, 6) is 1.73. The molecule has 0 aromatic heterocycles. The molecule has 0 atom stereocenters. The van der Waals surface area contributed by atoms with E-state index in [1.807, 2.05) is 25.1 Å². The van der Waals surface area contributed by atoms with Crippen molar-refractivity contribution < 1.29 is 19.0 Å². The Hall–Kier alpha value is -2.49. The van der Waals surface area contributed by atoms with Crippen molar-refractivity contribution in [3.05, 3.63) is 53.1 Å². The first-order chi connectivity index (χ1) is 10.2. The summed E-state index contributed by atoms with van der Waals surface area (Å²) in [5, 5.41) is 0. The number of hydrogen-bond donors (Lipinski definition) is 0. The van der Waals surface area contributed by atoms with E-state index >= 15 is 0 Å². The minimum atomic E-state index is 0.298. The zero-order valence-electron chi connectivity index (χ0n) is 12.4. The Morgan fingerprint density at radius 1 is 1.05 bits per heavy atom. The van der Waals surface area contributed by atoms with Gasteiger partial charge in [-0.25, -0.2) is 0 Å². The molecule has 0 saturated carbocycles. The molecule has 0 bridgehead atoms. The lowest BCUT2D eigenvalue weighted by molar-refractivity contribution is 0.111. The van der Waals surface area contributed by atoms with Crippen LogP contribution in [0.4, 0.5) is 0 Å². The molecule has 0 amide bonds. The first kappa shape index (κ1) is 14.9. The maximum absolute atomic E-state index is 11.1. The molecule has 0 spiro atoms. The number of aldehydes is 1. The van der Waals surface area contributed by atoms with Crippen LogP contribution >= 0.6 is 0 Å². The molecule has 0 saturated heterocycles. The van der Waals surface area contributed by atoms with Gasteiger partial charge in [0.05, 0.1) is 19.8 Å². The lowest BCUT2D eigenvalue weighted by atomic mass is 10.1. The third kappa shape index (κ3) is 3.34. The summed E-state index contributed by atoms with van der Waals surface area (Å²) in [4.78, 5) is 11.1. The van der Waals surface area contributed by atoms with Gasteiger partial charge in [0.25, 0.3) is 0 Å². The van der Waals surface area contributed by atoms with Gasteiger partial charge < -0.3 is 14.2 Å². The SMILES string of the molecule is COc1ccc(C)cc1COc1c(C=O)cccc1OC. The Bertz CT molecular complexity index is 635. The molecule has 0 radical (unpaired) electrons. The van der Waals surface area contributed by atoms with Crippen LogP contribution in [0.5, 0.6) is 17.2 Å². The highest BCUT2D eigenvalue weighted by atomic mass is 16.5. The third-order valence-corrected chi connectivity index (χ3v) is 3.16. The van der Waals surface area contributed by atoms with Gasteiger partial charge in [-0.3, -0.25) is 4.79 Å². The molecule has 0 N–H and O–H groups in total. The van der Waals surface area contributed by atoms with Crippen LogP contribution in [0.15, 0.2) is 36.4 Å². The predicted octanol–water partition coefficient (Wildman–Crippen LogP) is 3.40. The monoisotopic (exact) mass is 286 g/mol. The van der Waals surface area contributed by atoms with E-state index in [4.69, 9.17) is 14.2 Å². The topological polar surface area (TPSA) is 44.8 Å². The van der Waals surface area contributed by atoms with Gasteiger partial charge in [0.2, 0.25) is 0 Å². The van der Waals surface area contributed by atoms with E-state index in [1.54, 1.807) is 32.4 Å². The number of hydrogen-bond acceptors (Lipinski definition) is 4. The molecule has 0 aliphatic carbocycles. The molecule has 2 aromatic rings. The summed E-state index contributed by atoms with van der Waals surface area (Å²) in [6, 6.07) is 11.1. The first-order valence-electron chi connectivity index (χ1n) is 6.58. The van der Waals surface area contributed by atoms with Gasteiger partial charge in [-0.1, -0.05) is 17.7 Å². The number of methoxy groups -OCH3 is 2. The van der Waals surface area contributed by atoms with Crippen molar-refractivity contribution in [1.82, 2.24) is 0 Å². The number of rotatable bonds is 6. The normalized spacial score (nSPS) is 10.0. The summed E-state index contributed by atoms with van der Waals surface area (Å²) in [6.07, 6.45) is 0.755. The number of carbonyl (C=O) groups is 1. The number of para-hydroxylation sites is 1. The van der Waals surface area contributed by atoms with Gasteiger partial charge in [0.15, 0.2) is 17.8 Å². The van der Waals surface area contributed by atoms with Crippen LogP contribution in [-0.2, 0) is 6.61 Å². The van der Waals surface area contributed by atoms with Gasteiger partial charge in [-0.2, -0.15) is 0 Å². The van der Waals surface area contributed by atoms with Crippen LogP contribution in [0.3, 0.4) is 0 Å². The summed E-state index contributed by atoms with van der Waals surface area (Å²) in [7, 11) is 3.16. The van der Waals surface area contributed by atoms with E-state index in [0.29, 0.717) is 23.7 Å². The van der Waals surface area contributed by atoms with E-state index in [9.17, 15) is 4.79 Å². The first-order valence-corrected chi connectivity index (χ1v) is 6.58. The maximum Gasteiger partial charge on any atom is 0.172 e. The van der Waals surface area contributed by atoms with Crippen molar-refractivity contribution in [2.45, 2.75) is 13.5 Å². The molecule has 0 unspecified atom stereocenters. The molecule has 2 aromatic carbocycles. The quantitative estimate of drug-likeness (QED) is 0.763. The molecule has 110 valence electrons. The second-order valence-electron chi connectivity index (χ2n) is 4.60. The van der Waals surface area contributed by atoms with Crippen molar-refractivity contribution in [3.63, 3.8) is 0 Å². The van der Waals surface area contributed by atoms with Gasteiger partial charge in [0, 0.05) is 5.56 Å². The molecule has 0 heterocycles. The minimum absolute atomic E-state index is 0.298. The lowest BCUT2D eigenvalue weighted by Gasteiger charge is -2.14. The van der Waals surface area contributed by atoms with Crippen molar-refractivity contribution in [3.8, 4) is 17.2 Å².